The monoisotopic (exact) mass is 397 g/mol. The lowest BCUT2D eigenvalue weighted by molar-refractivity contribution is -0.110. The summed E-state index contributed by atoms with van der Waals surface area (Å²) in [4.78, 5) is 12.7. The summed E-state index contributed by atoms with van der Waals surface area (Å²) in [6.07, 6.45) is 3.70. The Morgan fingerprint density at radius 3 is 2.68 bits per heavy atom. The van der Waals surface area contributed by atoms with Gasteiger partial charge in [0.25, 0.3) is 5.91 Å². The molecular formula is C20H19N3O4S. The summed E-state index contributed by atoms with van der Waals surface area (Å²) in [6.45, 7) is 0. The Labute approximate surface area is 162 Å². The van der Waals surface area contributed by atoms with Crippen LogP contribution in [-0.2, 0) is 21.9 Å². The van der Waals surface area contributed by atoms with Crippen molar-refractivity contribution < 1.29 is 17.9 Å². The highest BCUT2D eigenvalue weighted by Crippen LogP contribution is 2.36. The van der Waals surface area contributed by atoms with Gasteiger partial charge < -0.3 is 14.6 Å². The smallest absolute Gasteiger partial charge is 0.256 e. The van der Waals surface area contributed by atoms with Gasteiger partial charge in [-0.2, -0.15) is 0 Å². The first-order chi connectivity index (χ1) is 13.3. The number of benzene rings is 2. The van der Waals surface area contributed by atoms with Crippen molar-refractivity contribution in [1.82, 2.24) is 9.29 Å². The topological polar surface area (TPSA) is 89.4 Å². The number of amides is 1. The van der Waals surface area contributed by atoms with Gasteiger partial charge in [-0.15, -0.1) is 0 Å². The molecule has 0 bridgehead atoms. The van der Waals surface area contributed by atoms with Gasteiger partial charge in [0.2, 0.25) is 10.0 Å². The molecule has 28 heavy (non-hydrogen) atoms. The summed E-state index contributed by atoms with van der Waals surface area (Å²) in [6, 6.07) is 10.3. The molecule has 8 heteroatoms. The van der Waals surface area contributed by atoms with Crippen LogP contribution in [0.5, 0.6) is 5.75 Å². The number of carbonyl (C=O) groups excluding carboxylic acids is 1. The molecule has 0 atom stereocenters. The third kappa shape index (κ3) is 2.87. The Kier molecular flexibility index (Phi) is 4.24. The van der Waals surface area contributed by atoms with E-state index in [1.165, 1.54) is 19.2 Å². The number of ether oxygens (including phenoxy) is 1. The number of aromatic nitrogens is 1. The second-order valence-corrected chi connectivity index (χ2v) is 8.39. The van der Waals surface area contributed by atoms with E-state index < -0.39 is 10.0 Å². The van der Waals surface area contributed by atoms with Crippen LogP contribution in [0.3, 0.4) is 0 Å². The normalized spacial score (nSPS) is 15.1. The van der Waals surface area contributed by atoms with Crippen LogP contribution in [0.25, 0.3) is 22.6 Å². The Hall–Kier alpha value is -3.10. The molecule has 0 radical (unpaired) electrons. The number of sulfonamides is 1. The van der Waals surface area contributed by atoms with Gasteiger partial charge in [-0.3, -0.25) is 4.79 Å². The van der Waals surface area contributed by atoms with E-state index in [1.807, 2.05) is 36.0 Å². The van der Waals surface area contributed by atoms with Crippen molar-refractivity contribution in [3.8, 4) is 5.75 Å². The molecule has 144 valence electrons. The fraction of sp³-hybridized carbons (Fsp3) is 0.150. The van der Waals surface area contributed by atoms with Crippen LogP contribution in [0.4, 0.5) is 5.69 Å². The molecule has 2 aromatic carbocycles. The summed E-state index contributed by atoms with van der Waals surface area (Å²) >= 11 is 0. The Balaban J connectivity index is 1.90. The van der Waals surface area contributed by atoms with Crippen molar-refractivity contribution in [3.05, 3.63) is 53.7 Å². The fourth-order valence-corrected chi connectivity index (χ4v) is 4.15. The van der Waals surface area contributed by atoms with Gasteiger partial charge >= 0.3 is 0 Å². The minimum absolute atomic E-state index is 0.107. The largest absolute Gasteiger partial charge is 0.497 e. The second kappa shape index (κ2) is 6.50. The average Bonchev–Trinajstić information content (AvgIpc) is 3.17. The first-order valence-electron chi connectivity index (χ1n) is 8.58. The first kappa shape index (κ1) is 18.3. The minimum atomic E-state index is -3.61. The van der Waals surface area contributed by atoms with E-state index in [1.54, 1.807) is 19.3 Å². The molecule has 1 aliphatic rings. The number of methoxy groups -OCH3 is 1. The van der Waals surface area contributed by atoms with Crippen molar-refractivity contribution >= 4 is 44.2 Å². The molecule has 0 spiro atoms. The van der Waals surface area contributed by atoms with Crippen LogP contribution in [-0.4, -0.2) is 33.0 Å². The van der Waals surface area contributed by atoms with Crippen LogP contribution >= 0.6 is 0 Å². The Morgan fingerprint density at radius 2 is 1.96 bits per heavy atom. The molecule has 1 aliphatic heterocycles. The maximum atomic E-state index is 12.6. The molecule has 0 aliphatic carbocycles. The third-order valence-corrected chi connectivity index (χ3v) is 6.29. The van der Waals surface area contributed by atoms with E-state index in [-0.39, 0.29) is 10.8 Å². The Bertz CT molecular complexity index is 1260. The summed E-state index contributed by atoms with van der Waals surface area (Å²) in [5, 5.41) is 3.73. The lowest BCUT2D eigenvalue weighted by Gasteiger charge is -2.05. The second-order valence-electron chi connectivity index (χ2n) is 6.51. The lowest BCUT2D eigenvalue weighted by atomic mass is 10.0. The third-order valence-electron chi connectivity index (χ3n) is 4.88. The van der Waals surface area contributed by atoms with Crippen LogP contribution in [0.2, 0.25) is 0 Å². The standard InChI is InChI=1S/C20H19N3O4S/c1-21-28(25,26)14-5-6-18-16(10-14)17(20(24)22-18)8-12-11-23(2)19-7-4-13(27-3)9-15(12)19/h4-11,21H,1-3H3,(H,22,24). The summed E-state index contributed by atoms with van der Waals surface area (Å²) in [7, 11) is 1.27. The molecule has 0 saturated carbocycles. The van der Waals surface area contributed by atoms with Crippen LogP contribution < -0.4 is 14.8 Å². The van der Waals surface area contributed by atoms with Gasteiger partial charge in [0.15, 0.2) is 0 Å². The molecule has 4 rings (SSSR count). The van der Waals surface area contributed by atoms with Crippen molar-refractivity contribution in [2.45, 2.75) is 4.90 Å². The molecule has 2 N–H and O–H groups in total. The van der Waals surface area contributed by atoms with Gasteiger partial charge in [-0.25, -0.2) is 13.1 Å². The van der Waals surface area contributed by atoms with Gasteiger partial charge in [-0.05, 0) is 49.5 Å². The zero-order valence-corrected chi connectivity index (χ0v) is 16.4. The highest BCUT2D eigenvalue weighted by atomic mass is 32.2. The molecule has 1 amide bonds. The number of nitrogens with zero attached hydrogens (tertiary/aromatic N) is 1. The van der Waals surface area contributed by atoms with E-state index in [2.05, 4.69) is 10.0 Å². The van der Waals surface area contributed by atoms with Crippen molar-refractivity contribution in [2.75, 3.05) is 19.5 Å². The minimum Gasteiger partial charge on any atom is -0.497 e. The van der Waals surface area contributed by atoms with Crippen molar-refractivity contribution in [1.29, 1.82) is 0 Å². The van der Waals surface area contributed by atoms with Crippen molar-refractivity contribution in [2.24, 2.45) is 7.05 Å². The number of fused-ring (bicyclic) bond motifs is 2. The molecule has 0 unspecified atom stereocenters. The fourth-order valence-electron chi connectivity index (χ4n) is 3.39. The van der Waals surface area contributed by atoms with E-state index >= 15 is 0 Å². The highest BCUT2D eigenvalue weighted by molar-refractivity contribution is 7.89. The van der Waals surface area contributed by atoms with E-state index in [0.717, 1.165) is 22.2 Å². The highest BCUT2D eigenvalue weighted by Gasteiger charge is 2.26. The molecule has 2 heterocycles. The number of carbonyl (C=O) groups is 1. The Morgan fingerprint density at radius 1 is 1.18 bits per heavy atom. The number of anilines is 1. The maximum Gasteiger partial charge on any atom is 0.256 e. The van der Waals surface area contributed by atoms with Gasteiger partial charge in [-0.1, -0.05) is 0 Å². The van der Waals surface area contributed by atoms with Crippen LogP contribution in [0, 0.1) is 0 Å². The van der Waals surface area contributed by atoms with E-state index in [0.29, 0.717) is 16.8 Å². The molecule has 0 fully saturated rings. The summed E-state index contributed by atoms with van der Waals surface area (Å²) in [5.74, 6) is 0.450. The summed E-state index contributed by atoms with van der Waals surface area (Å²) < 4.78 is 33.9. The predicted molar refractivity (Wildman–Crippen MR) is 109 cm³/mol. The molecule has 1 aromatic heterocycles. The van der Waals surface area contributed by atoms with Gasteiger partial charge in [0.05, 0.1) is 12.0 Å². The van der Waals surface area contributed by atoms with Crippen molar-refractivity contribution in [3.63, 3.8) is 0 Å². The number of hydrogen-bond acceptors (Lipinski definition) is 4. The average molecular weight is 397 g/mol. The van der Waals surface area contributed by atoms with Gasteiger partial charge in [0.1, 0.15) is 5.75 Å². The molecule has 3 aromatic rings. The van der Waals surface area contributed by atoms with E-state index in [9.17, 15) is 13.2 Å². The number of rotatable bonds is 4. The van der Waals surface area contributed by atoms with Gasteiger partial charge in [0, 0.05) is 46.5 Å². The predicted octanol–water partition coefficient (Wildman–Crippen LogP) is 2.59. The SMILES string of the molecule is CNS(=O)(=O)c1ccc2c(c1)C(=Cc1cn(C)c3ccc(OC)cc13)C(=O)N2. The molecular weight excluding hydrogens is 378 g/mol. The number of aryl methyl sites for hydroxylation is 1. The van der Waals surface area contributed by atoms with Crippen LogP contribution in [0.15, 0.2) is 47.5 Å². The van der Waals surface area contributed by atoms with E-state index in [4.69, 9.17) is 4.74 Å². The number of hydrogen-bond donors (Lipinski definition) is 2. The quantitative estimate of drug-likeness (QED) is 0.662. The molecule has 7 nitrogen and oxygen atoms in total. The van der Waals surface area contributed by atoms with Crippen LogP contribution in [0.1, 0.15) is 11.1 Å². The zero-order chi connectivity index (χ0) is 20.1. The molecule has 0 saturated heterocycles. The lowest BCUT2D eigenvalue weighted by Crippen LogP contribution is -2.18. The zero-order valence-electron chi connectivity index (χ0n) is 15.6. The summed E-state index contributed by atoms with van der Waals surface area (Å²) in [5.41, 5.74) is 3.40. The maximum absolute atomic E-state index is 12.6. The first-order valence-corrected chi connectivity index (χ1v) is 10.1. The number of nitrogens with one attached hydrogen (secondary N) is 2.